The van der Waals surface area contributed by atoms with Gasteiger partial charge in [-0.1, -0.05) is 0 Å². The summed E-state index contributed by atoms with van der Waals surface area (Å²) in [5.41, 5.74) is 1.06. The van der Waals surface area contributed by atoms with Crippen molar-refractivity contribution < 1.29 is 14.7 Å². The average Bonchev–Trinajstić information content (AvgIpc) is 3.07. The second kappa shape index (κ2) is 6.14. The van der Waals surface area contributed by atoms with Crippen molar-refractivity contribution in [1.29, 1.82) is 0 Å². The monoisotopic (exact) mass is 282 g/mol. The molecular formula is C13H18N2O3S. The number of hydrogen-bond donors (Lipinski definition) is 2. The Balaban J connectivity index is 1.55. The van der Waals surface area contributed by atoms with E-state index in [-0.39, 0.29) is 11.8 Å². The molecule has 0 spiro atoms. The molecule has 1 aromatic heterocycles. The predicted molar refractivity (Wildman–Crippen MR) is 72.0 cm³/mol. The van der Waals surface area contributed by atoms with Gasteiger partial charge < -0.3 is 10.4 Å². The van der Waals surface area contributed by atoms with Gasteiger partial charge in [-0.25, -0.2) is 4.98 Å². The van der Waals surface area contributed by atoms with Crippen LogP contribution in [-0.2, 0) is 16.0 Å². The van der Waals surface area contributed by atoms with E-state index in [0.29, 0.717) is 13.0 Å². The molecule has 1 aromatic rings. The van der Waals surface area contributed by atoms with E-state index in [0.717, 1.165) is 30.0 Å². The molecule has 2 N–H and O–H groups in total. The van der Waals surface area contributed by atoms with Gasteiger partial charge in [-0.05, 0) is 32.6 Å². The molecule has 0 aromatic carbocycles. The Hall–Kier alpha value is -1.43. The average molecular weight is 282 g/mol. The van der Waals surface area contributed by atoms with Crippen molar-refractivity contribution in [1.82, 2.24) is 10.3 Å². The first-order valence-corrected chi connectivity index (χ1v) is 7.37. The van der Waals surface area contributed by atoms with Crippen molar-refractivity contribution in [3.05, 3.63) is 16.1 Å². The lowest BCUT2D eigenvalue weighted by molar-refractivity contribution is -0.140. The molecule has 2 atom stereocenters. The Kier molecular flexibility index (Phi) is 4.52. The van der Waals surface area contributed by atoms with Gasteiger partial charge in [0.05, 0.1) is 16.8 Å². The van der Waals surface area contributed by atoms with E-state index in [1.54, 1.807) is 11.3 Å². The van der Waals surface area contributed by atoms with Gasteiger partial charge in [-0.15, -0.1) is 11.3 Å². The first-order chi connectivity index (χ1) is 9.08. The van der Waals surface area contributed by atoms with E-state index in [1.807, 2.05) is 12.3 Å². The maximum atomic E-state index is 11.6. The number of thiazole rings is 1. The number of rotatable bonds is 7. The normalized spacial score (nSPS) is 21.1. The Labute approximate surface area is 116 Å². The molecule has 0 saturated heterocycles. The number of carboxylic acid groups (broad SMARTS) is 1. The lowest BCUT2D eigenvalue weighted by atomic mass is 10.2. The fraction of sp³-hybridized carbons (Fsp3) is 0.615. The van der Waals surface area contributed by atoms with Crippen LogP contribution in [0.4, 0.5) is 0 Å². The van der Waals surface area contributed by atoms with E-state index < -0.39 is 11.9 Å². The van der Waals surface area contributed by atoms with E-state index in [4.69, 9.17) is 5.11 Å². The zero-order valence-corrected chi connectivity index (χ0v) is 11.7. The number of nitrogens with zero attached hydrogens (tertiary/aromatic N) is 1. The smallest absolute Gasteiger partial charge is 0.307 e. The molecule has 1 saturated carbocycles. The molecule has 1 amide bonds. The van der Waals surface area contributed by atoms with Crippen molar-refractivity contribution in [2.45, 2.75) is 32.6 Å². The van der Waals surface area contributed by atoms with Gasteiger partial charge in [-0.3, -0.25) is 9.59 Å². The quantitative estimate of drug-likeness (QED) is 0.745. The van der Waals surface area contributed by atoms with Gasteiger partial charge in [0.2, 0.25) is 5.91 Å². The number of unbranched alkanes of at least 4 members (excludes halogenated alkanes) is 1. The van der Waals surface area contributed by atoms with Crippen LogP contribution in [0.1, 0.15) is 30.0 Å². The summed E-state index contributed by atoms with van der Waals surface area (Å²) in [6.45, 7) is 2.60. The fourth-order valence-electron chi connectivity index (χ4n) is 2.02. The molecule has 0 radical (unpaired) electrons. The molecule has 1 heterocycles. The van der Waals surface area contributed by atoms with Crippen LogP contribution in [0, 0.1) is 18.8 Å². The van der Waals surface area contributed by atoms with Crippen LogP contribution >= 0.6 is 11.3 Å². The van der Waals surface area contributed by atoms with Gasteiger partial charge in [-0.2, -0.15) is 0 Å². The van der Waals surface area contributed by atoms with Crippen molar-refractivity contribution in [3.63, 3.8) is 0 Å². The van der Waals surface area contributed by atoms with Crippen LogP contribution in [0.2, 0.25) is 0 Å². The van der Waals surface area contributed by atoms with E-state index in [9.17, 15) is 9.59 Å². The molecule has 19 heavy (non-hydrogen) atoms. The van der Waals surface area contributed by atoms with E-state index in [2.05, 4.69) is 10.3 Å². The topological polar surface area (TPSA) is 79.3 Å². The van der Waals surface area contributed by atoms with Crippen molar-refractivity contribution in [3.8, 4) is 0 Å². The highest BCUT2D eigenvalue weighted by Crippen LogP contribution is 2.38. The maximum Gasteiger partial charge on any atom is 0.307 e. The fourth-order valence-corrected chi connectivity index (χ4v) is 2.84. The first kappa shape index (κ1) is 14.0. The molecule has 1 aliphatic carbocycles. The number of aryl methyl sites for hydroxylation is 2. The largest absolute Gasteiger partial charge is 0.481 e. The Bertz CT molecular complexity index is 472. The molecule has 1 aliphatic rings. The molecule has 104 valence electrons. The van der Waals surface area contributed by atoms with Gasteiger partial charge in [0.15, 0.2) is 0 Å². The summed E-state index contributed by atoms with van der Waals surface area (Å²) < 4.78 is 0. The zero-order valence-electron chi connectivity index (χ0n) is 10.9. The Morgan fingerprint density at radius 3 is 2.84 bits per heavy atom. The third-order valence-electron chi connectivity index (χ3n) is 3.23. The highest BCUT2D eigenvalue weighted by molar-refractivity contribution is 7.09. The summed E-state index contributed by atoms with van der Waals surface area (Å²) >= 11 is 1.67. The number of carbonyl (C=O) groups excluding carboxylic acids is 1. The van der Waals surface area contributed by atoms with Crippen LogP contribution in [0.15, 0.2) is 5.38 Å². The van der Waals surface area contributed by atoms with Gasteiger partial charge in [0, 0.05) is 17.6 Å². The standard InChI is InChI=1S/C13H18N2O3S/c1-8-7-19-11(15-8)4-2-3-5-14-12(16)9-6-10(9)13(17)18/h7,9-10H,2-6H2,1H3,(H,14,16)(H,17,18)/t9-,10-/m1/s1. The minimum atomic E-state index is -0.862. The summed E-state index contributed by atoms with van der Waals surface area (Å²) in [5, 5.41) is 14.7. The third kappa shape index (κ3) is 4.02. The van der Waals surface area contributed by atoms with Crippen LogP contribution in [0.25, 0.3) is 0 Å². The first-order valence-electron chi connectivity index (χ1n) is 6.49. The van der Waals surface area contributed by atoms with Crippen LogP contribution in [-0.4, -0.2) is 28.5 Å². The minimum Gasteiger partial charge on any atom is -0.481 e. The zero-order chi connectivity index (χ0) is 13.8. The number of amides is 1. The lowest BCUT2D eigenvalue weighted by Gasteiger charge is -2.03. The van der Waals surface area contributed by atoms with E-state index >= 15 is 0 Å². The van der Waals surface area contributed by atoms with Crippen molar-refractivity contribution >= 4 is 23.2 Å². The van der Waals surface area contributed by atoms with Gasteiger partial charge in [0.1, 0.15) is 0 Å². The Morgan fingerprint density at radius 2 is 2.26 bits per heavy atom. The lowest BCUT2D eigenvalue weighted by Crippen LogP contribution is -2.27. The molecule has 0 bridgehead atoms. The maximum absolute atomic E-state index is 11.6. The summed E-state index contributed by atoms with van der Waals surface area (Å²) in [6, 6.07) is 0. The summed E-state index contributed by atoms with van der Waals surface area (Å²) in [5.74, 6) is -1.74. The summed E-state index contributed by atoms with van der Waals surface area (Å²) in [6.07, 6.45) is 3.31. The molecule has 5 nitrogen and oxygen atoms in total. The minimum absolute atomic E-state index is 0.113. The number of hydrogen-bond acceptors (Lipinski definition) is 4. The van der Waals surface area contributed by atoms with Crippen molar-refractivity contribution in [2.75, 3.05) is 6.54 Å². The van der Waals surface area contributed by atoms with E-state index in [1.165, 1.54) is 0 Å². The number of carbonyl (C=O) groups is 2. The predicted octanol–water partition coefficient (Wildman–Crippen LogP) is 1.61. The Morgan fingerprint density at radius 1 is 1.47 bits per heavy atom. The number of aromatic nitrogens is 1. The van der Waals surface area contributed by atoms with Crippen LogP contribution in [0.5, 0.6) is 0 Å². The highest BCUT2D eigenvalue weighted by Gasteiger charge is 2.48. The van der Waals surface area contributed by atoms with Gasteiger partial charge >= 0.3 is 5.97 Å². The second-order valence-electron chi connectivity index (χ2n) is 4.92. The number of nitrogens with one attached hydrogen (secondary N) is 1. The molecule has 0 aliphatic heterocycles. The highest BCUT2D eigenvalue weighted by atomic mass is 32.1. The van der Waals surface area contributed by atoms with Crippen LogP contribution in [0.3, 0.4) is 0 Å². The summed E-state index contributed by atoms with van der Waals surface area (Å²) in [4.78, 5) is 26.6. The van der Waals surface area contributed by atoms with Gasteiger partial charge in [0.25, 0.3) is 0 Å². The second-order valence-corrected chi connectivity index (χ2v) is 5.86. The molecular weight excluding hydrogens is 264 g/mol. The SMILES string of the molecule is Cc1csc(CCCCNC(=O)[C@@H]2C[C@H]2C(=O)O)n1. The van der Waals surface area contributed by atoms with Crippen LogP contribution < -0.4 is 5.32 Å². The number of carboxylic acids is 1. The number of aliphatic carboxylic acids is 1. The third-order valence-corrected chi connectivity index (χ3v) is 4.25. The molecule has 0 unspecified atom stereocenters. The summed E-state index contributed by atoms with van der Waals surface area (Å²) in [7, 11) is 0. The molecule has 6 heteroatoms. The van der Waals surface area contributed by atoms with Crippen molar-refractivity contribution in [2.24, 2.45) is 11.8 Å². The molecule has 2 rings (SSSR count). The molecule has 1 fully saturated rings.